The lowest BCUT2D eigenvalue weighted by molar-refractivity contribution is 0.385. The van der Waals surface area contributed by atoms with E-state index < -0.39 is 21.9 Å². The molecule has 4 nitrogen and oxygen atoms in total. The van der Waals surface area contributed by atoms with Gasteiger partial charge in [0.2, 0.25) is 10.0 Å². The molecular formula is C21H20FNO3S. The summed E-state index contributed by atoms with van der Waals surface area (Å²) in [6.45, 7) is 1.96. The molecule has 3 aromatic rings. The number of ether oxygens (including phenoxy) is 1. The summed E-state index contributed by atoms with van der Waals surface area (Å²) in [4.78, 5) is -0.158. The molecule has 0 fully saturated rings. The summed E-state index contributed by atoms with van der Waals surface area (Å²) in [5, 5.41) is 0. The van der Waals surface area contributed by atoms with Crippen molar-refractivity contribution < 1.29 is 17.5 Å². The number of hydrogen-bond donors (Lipinski definition) is 1. The van der Waals surface area contributed by atoms with Crippen LogP contribution in [-0.2, 0) is 10.0 Å². The maximum atomic E-state index is 14.0. The minimum absolute atomic E-state index is 0.00732. The molecular weight excluding hydrogens is 365 g/mol. The number of hydrogen-bond acceptors (Lipinski definition) is 3. The number of rotatable bonds is 6. The van der Waals surface area contributed by atoms with Crippen LogP contribution < -0.4 is 9.46 Å². The van der Waals surface area contributed by atoms with E-state index >= 15 is 0 Å². The van der Waals surface area contributed by atoms with Gasteiger partial charge in [0.1, 0.15) is 0 Å². The third kappa shape index (κ3) is 4.35. The smallest absolute Gasteiger partial charge is 0.241 e. The van der Waals surface area contributed by atoms with Gasteiger partial charge in [0, 0.05) is 0 Å². The Morgan fingerprint density at radius 1 is 0.926 bits per heavy atom. The van der Waals surface area contributed by atoms with Crippen molar-refractivity contribution >= 4 is 10.0 Å². The zero-order valence-corrected chi connectivity index (χ0v) is 15.8. The van der Waals surface area contributed by atoms with E-state index in [4.69, 9.17) is 4.74 Å². The van der Waals surface area contributed by atoms with Crippen molar-refractivity contribution in [3.8, 4) is 5.75 Å². The lowest BCUT2D eigenvalue weighted by atomic mass is 9.99. The summed E-state index contributed by atoms with van der Waals surface area (Å²) in [6.07, 6.45) is 0. The molecule has 0 aliphatic rings. The van der Waals surface area contributed by atoms with Crippen LogP contribution in [-0.4, -0.2) is 15.5 Å². The molecule has 0 saturated carbocycles. The lowest BCUT2D eigenvalue weighted by Crippen LogP contribution is -2.29. The first kappa shape index (κ1) is 19.1. The normalized spacial score (nSPS) is 12.6. The van der Waals surface area contributed by atoms with Crippen molar-refractivity contribution in [1.29, 1.82) is 0 Å². The van der Waals surface area contributed by atoms with Gasteiger partial charge in [0.25, 0.3) is 0 Å². The summed E-state index contributed by atoms with van der Waals surface area (Å²) in [5.74, 6) is -0.737. The average Bonchev–Trinajstić information content (AvgIpc) is 2.67. The highest BCUT2D eigenvalue weighted by Crippen LogP contribution is 2.26. The van der Waals surface area contributed by atoms with Crippen LogP contribution in [0.4, 0.5) is 4.39 Å². The molecule has 0 spiro atoms. The van der Waals surface area contributed by atoms with Crippen LogP contribution in [0.2, 0.25) is 0 Å². The fourth-order valence-electron chi connectivity index (χ4n) is 2.77. The van der Waals surface area contributed by atoms with Crippen LogP contribution in [0, 0.1) is 12.7 Å². The van der Waals surface area contributed by atoms with Crippen LogP contribution in [0.1, 0.15) is 22.7 Å². The van der Waals surface area contributed by atoms with Crippen molar-refractivity contribution in [2.75, 3.05) is 7.11 Å². The van der Waals surface area contributed by atoms with Crippen LogP contribution >= 0.6 is 0 Å². The molecule has 1 atom stereocenters. The lowest BCUT2D eigenvalue weighted by Gasteiger charge is -2.20. The van der Waals surface area contributed by atoms with Gasteiger partial charge in [-0.15, -0.1) is 0 Å². The molecule has 0 saturated heterocycles. The Labute approximate surface area is 158 Å². The highest BCUT2D eigenvalue weighted by Gasteiger charge is 2.24. The van der Waals surface area contributed by atoms with Crippen molar-refractivity contribution in [2.45, 2.75) is 17.9 Å². The first-order chi connectivity index (χ1) is 12.9. The van der Waals surface area contributed by atoms with Gasteiger partial charge in [-0.05, 0) is 36.2 Å². The fraction of sp³-hybridized carbons (Fsp3) is 0.143. The van der Waals surface area contributed by atoms with Crippen LogP contribution in [0.5, 0.6) is 5.75 Å². The zero-order chi connectivity index (χ0) is 19.4. The molecule has 0 bridgehead atoms. The second-order valence-corrected chi connectivity index (χ2v) is 7.89. The van der Waals surface area contributed by atoms with Gasteiger partial charge in [-0.2, -0.15) is 4.72 Å². The van der Waals surface area contributed by atoms with Crippen molar-refractivity contribution in [3.63, 3.8) is 0 Å². The van der Waals surface area contributed by atoms with E-state index in [1.165, 1.54) is 19.2 Å². The average molecular weight is 385 g/mol. The number of benzene rings is 3. The molecule has 0 amide bonds. The summed E-state index contributed by atoms with van der Waals surface area (Å²) in [6, 6.07) is 19.8. The summed E-state index contributed by atoms with van der Waals surface area (Å²) >= 11 is 0. The first-order valence-electron chi connectivity index (χ1n) is 8.38. The molecule has 3 rings (SSSR count). The van der Waals surface area contributed by atoms with Crippen molar-refractivity contribution in [3.05, 3.63) is 95.3 Å². The largest absolute Gasteiger partial charge is 0.494 e. The second kappa shape index (κ2) is 7.90. The van der Waals surface area contributed by atoms with Gasteiger partial charge in [-0.1, -0.05) is 60.2 Å². The number of halogens is 1. The van der Waals surface area contributed by atoms with E-state index in [-0.39, 0.29) is 10.6 Å². The third-order valence-electron chi connectivity index (χ3n) is 4.25. The minimum Gasteiger partial charge on any atom is -0.494 e. The van der Waals surface area contributed by atoms with Gasteiger partial charge >= 0.3 is 0 Å². The SMILES string of the molecule is COc1ccc(S(=O)(=O)N[C@H](c2ccccc2)c2ccc(C)cc2)cc1F. The van der Waals surface area contributed by atoms with Crippen LogP contribution in [0.15, 0.2) is 77.7 Å². The molecule has 0 unspecified atom stereocenters. The molecule has 0 aromatic heterocycles. The fourth-order valence-corrected chi connectivity index (χ4v) is 3.99. The summed E-state index contributed by atoms with van der Waals surface area (Å²) in [7, 11) is -2.63. The third-order valence-corrected chi connectivity index (χ3v) is 5.67. The number of nitrogens with one attached hydrogen (secondary N) is 1. The molecule has 0 radical (unpaired) electrons. The molecule has 27 heavy (non-hydrogen) atoms. The predicted molar refractivity (Wildman–Crippen MR) is 103 cm³/mol. The molecule has 6 heteroatoms. The van der Waals surface area contributed by atoms with E-state index in [1.54, 1.807) is 0 Å². The van der Waals surface area contributed by atoms with Gasteiger partial charge in [0.05, 0.1) is 18.0 Å². The second-order valence-electron chi connectivity index (χ2n) is 6.17. The molecule has 1 N–H and O–H groups in total. The zero-order valence-electron chi connectivity index (χ0n) is 15.0. The standard InChI is InChI=1S/C21H20FNO3S/c1-15-8-10-17(11-9-15)21(16-6-4-3-5-7-16)23-27(24,25)18-12-13-20(26-2)19(22)14-18/h3-14,21,23H,1-2H3/t21-/m1/s1. The van der Waals surface area contributed by atoms with Gasteiger partial charge in [-0.3, -0.25) is 0 Å². The van der Waals surface area contributed by atoms with Crippen LogP contribution in [0.25, 0.3) is 0 Å². The van der Waals surface area contributed by atoms with Crippen molar-refractivity contribution in [1.82, 2.24) is 4.72 Å². The van der Waals surface area contributed by atoms with E-state index in [0.717, 1.165) is 22.8 Å². The van der Waals surface area contributed by atoms with Gasteiger partial charge < -0.3 is 4.74 Å². The highest BCUT2D eigenvalue weighted by atomic mass is 32.2. The topological polar surface area (TPSA) is 55.4 Å². The van der Waals surface area contributed by atoms with Crippen LogP contribution in [0.3, 0.4) is 0 Å². The Balaban J connectivity index is 2.00. The Morgan fingerprint density at radius 3 is 2.15 bits per heavy atom. The maximum absolute atomic E-state index is 14.0. The number of sulfonamides is 1. The molecule has 140 valence electrons. The van der Waals surface area contributed by atoms with E-state index in [9.17, 15) is 12.8 Å². The van der Waals surface area contributed by atoms with E-state index in [2.05, 4.69) is 4.72 Å². The highest BCUT2D eigenvalue weighted by molar-refractivity contribution is 7.89. The first-order valence-corrected chi connectivity index (χ1v) is 9.86. The maximum Gasteiger partial charge on any atom is 0.241 e. The Bertz CT molecular complexity index is 1020. The molecule has 0 aliphatic carbocycles. The Kier molecular flexibility index (Phi) is 5.58. The predicted octanol–water partition coefficient (Wildman–Crippen LogP) is 4.21. The summed E-state index contributed by atoms with van der Waals surface area (Å²) < 4.78 is 47.3. The molecule has 0 heterocycles. The van der Waals surface area contributed by atoms with Gasteiger partial charge in [0.15, 0.2) is 11.6 Å². The van der Waals surface area contributed by atoms with E-state index in [1.807, 2.05) is 61.5 Å². The molecule has 3 aromatic carbocycles. The molecule has 0 aliphatic heterocycles. The van der Waals surface area contributed by atoms with Gasteiger partial charge in [-0.25, -0.2) is 12.8 Å². The summed E-state index contributed by atoms with van der Waals surface area (Å²) in [5.41, 5.74) is 2.66. The number of methoxy groups -OCH3 is 1. The monoisotopic (exact) mass is 385 g/mol. The Morgan fingerprint density at radius 2 is 1.56 bits per heavy atom. The quantitative estimate of drug-likeness (QED) is 0.692. The van der Waals surface area contributed by atoms with Crippen molar-refractivity contribution in [2.24, 2.45) is 0 Å². The Hall–Kier alpha value is -2.70. The number of aryl methyl sites for hydroxylation is 1. The minimum atomic E-state index is -3.96. The van der Waals surface area contributed by atoms with E-state index in [0.29, 0.717) is 0 Å².